The van der Waals surface area contributed by atoms with Crippen molar-refractivity contribution in [1.82, 2.24) is 0 Å². The average molecular weight is 510 g/mol. The molecule has 5 rings (SSSR count). The van der Waals surface area contributed by atoms with Crippen molar-refractivity contribution in [2.45, 2.75) is 121 Å². The lowest BCUT2D eigenvalue weighted by atomic mass is 9.43. The third kappa shape index (κ3) is 3.96. The SMILES string of the molecule is C[C@@H]1O[C@@H](O[C@H]2CC[C@@]3(C)[C@H](CC[C@@H]4[C@@H]3CC[C@]3(C)[C@@H](/C=C/[N+](=O)[O-])CC[C@]43O)C2)[C@H](O)[C@H](O)[C@H]1O. The lowest BCUT2D eigenvalue weighted by Gasteiger charge is -2.63. The first-order chi connectivity index (χ1) is 16.9. The van der Waals surface area contributed by atoms with Gasteiger partial charge in [0.05, 0.1) is 22.7 Å². The van der Waals surface area contributed by atoms with Crippen molar-refractivity contribution in [2.75, 3.05) is 0 Å². The van der Waals surface area contributed by atoms with Gasteiger partial charge in [0.25, 0.3) is 0 Å². The van der Waals surface area contributed by atoms with E-state index in [9.17, 15) is 30.5 Å². The number of nitro groups is 1. The summed E-state index contributed by atoms with van der Waals surface area (Å²) >= 11 is 0. The summed E-state index contributed by atoms with van der Waals surface area (Å²) in [5.74, 6) is 1.07. The largest absolute Gasteiger partial charge is 0.389 e. The summed E-state index contributed by atoms with van der Waals surface area (Å²) < 4.78 is 11.9. The van der Waals surface area contributed by atoms with Crippen LogP contribution in [-0.2, 0) is 9.47 Å². The van der Waals surface area contributed by atoms with Crippen molar-refractivity contribution in [3.05, 3.63) is 22.4 Å². The fourth-order valence-corrected chi connectivity index (χ4v) is 9.15. The lowest BCUT2D eigenvalue weighted by Crippen LogP contribution is -2.62. The topological polar surface area (TPSA) is 143 Å². The van der Waals surface area contributed by atoms with Crippen molar-refractivity contribution >= 4 is 0 Å². The van der Waals surface area contributed by atoms with Gasteiger partial charge in [0.1, 0.15) is 18.3 Å². The number of rotatable bonds is 4. The Labute approximate surface area is 213 Å². The van der Waals surface area contributed by atoms with Crippen LogP contribution in [0, 0.1) is 44.6 Å². The van der Waals surface area contributed by atoms with Crippen LogP contribution in [0.3, 0.4) is 0 Å². The molecule has 4 saturated carbocycles. The van der Waals surface area contributed by atoms with E-state index < -0.39 is 41.2 Å². The maximum Gasteiger partial charge on any atom is 0.230 e. The Kier molecular flexibility index (Phi) is 6.83. The molecule has 0 radical (unpaired) electrons. The van der Waals surface area contributed by atoms with Gasteiger partial charge in [-0.3, -0.25) is 10.1 Å². The minimum Gasteiger partial charge on any atom is -0.389 e. The van der Waals surface area contributed by atoms with E-state index in [1.165, 1.54) is 0 Å². The molecular formula is C27H43NO8. The van der Waals surface area contributed by atoms with E-state index >= 15 is 0 Å². The predicted octanol–water partition coefficient (Wildman–Crippen LogP) is 2.76. The maximum absolute atomic E-state index is 12.2. The zero-order valence-electron chi connectivity index (χ0n) is 21.7. The fourth-order valence-electron chi connectivity index (χ4n) is 9.15. The third-order valence-corrected chi connectivity index (χ3v) is 11.5. The number of fused-ring (bicyclic) bond motifs is 5. The highest BCUT2D eigenvalue weighted by molar-refractivity contribution is 5.19. The number of allylic oxidation sites excluding steroid dienone is 1. The molecular weight excluding hydrogens is 466 g/mol. The number of aliphatic hydroxyl groups excluding tert-OH is 3. The van der Waals surface area contributed by atoms with Gasteiger partial charge in [-0.2, -0.15) is 0 Å². The van der Waals surface area contributed by atoms with Crippen LogP contribution in [0.25, 0.3) is 0 Å². The summed E-state index contributed by atoms with van der Waals surface area (Å²) in [6.45, 7) is 6.19. The second-order valence-corrected chi connectivity index (χ2v) is 12.9. The van der Waals surface area contributed by atoms with Gasteiger partial charge in [0.15, 0.2) is 6.29 Å². The average Bonchev–Trinajstić information content (AvgIpc) is 3.10. The molecule has 204 valence electrons. The monoisotopic (exact) mass is 509 g/mol. The van der Waals surface area contributed by atoms with Crippen molar-refractivity contribution < 1.29 is 34.8 Å². The molecule has 0 aromatic carbocycles. The first kappa shape index (κ1) is 26.5. The van der Waals surface area contributed by atoms with Gasteiger partial charge in [-0.15, -0.1) is 0 Å². The molecule has 0 aromatic rings. The second kappa shape index (κ2) is 9.27. The lowest BCUT2D eigenvalue weighted by molar-refractivity contribution is -0.403. The van der Waals surface area contributed by atoms with Crippen LogP contribution in [0.5, 0.6) is 0 Å². The van der Waals surface area contributed by atoms with E-state index in [4.69, 9.17) is 9.47 Å². The predicted molar refractivity (Wildman–Crippen MR) is 130 cm³/mol. The summed E-state index contributed by atoms with van der Waals surface area (Å²) in [6, 6.07) is 0. The Morgan fingerprint density at radius 1 is 0.972 bits per heavy atom. The summed E-state index contributed by atoms with van der Waals surface area (Å²) in [5.41, 5.74) is -1.04. The van der Waals surface area contributed by atoms with Crippen LogP contribution in [0.4, 0.5) is 0 Å². The van der Waals surface area contributed by atoms with Crippen LogP contribution in [0.1, 0.15) is 78.6 Å². The van der Waals surface area contributed by atoms with Crippen LogP contribution < -0.4 is 0 Å². The minimum absolute atomic E-state index is 0.0293. The molecule has 36 heavy (non-hydrogen) atoms. The Balaban J connectivity index is 1.28. The van der Waals surface area contributed by atoms with Crippen LogP contribution in [-0.4, -0.2) is 67.8 Å². The molecule has 4 N–H and O–H groups in total. The van der Waals surface area contributed by atoms with Crippen molar-refractivity contribution in [1.29, 1.82) is 0 Å². The molecule has 1 heterocycles. The van der Waals surface area contributed by atoms with Crippen molar-refractivity contribution in [3.63, 3.8) is 0 Å². The number of ether oxygens (including phenoxy) is 2. The van der Waals surface area contributed by atoms with Crippen molar-refractivity contribution in [3.8, 4) is 0 Å². The number of nitrogens with zero attached hydrogens (tertiary/aromatic N) is 1. The molecule has 5 aliphatic rings. The Morgan fingerprint density at radius 3 is 2.44 bits per heavy atom. The van der Waals surface area contributed by atoms with E-state index in [1.807, 2.05) is 0 Å². The molecule has 13 atom stereocenters. The van der Waals surface area contributed by atoms with Gasteiger partial charge in [0.2, 0.25) is 6.20 Å². The molecule has 1 saturated heterocycles. The number of aliphatic hydroxyl groups is 4. The molecule has 9 nitrogen and oxygen atoms in total. The smallest absolute Gasteiger partial charge is 0.230 e. The zero-order valence-corrected chi connectivity index (χ0v) is 21.7. The van der Waals surface area contributed by atoms with E-state index in [0.717, 1.165) is 57.6 Å². The molecule has 0 amide bonds. The summed E-state index contributed by atoms with van der Waals surface area (Å²) in [6.07, 6.45) is 5.35. The third-order valence-electron chi connectivity index (χ3n) is 11.5. The number of hydrogen-bond donors (Lipinski definition) is 4. The molecule has 0 spiro atoms. The van der Waals surface area contributed by atoms with Crippen LogP contribution in [0.15, 0.2) is 12.3 Å². The van der Waals surface area contributed by atoms with E-state index in [-0.39, 0.29) is 28.8 Å². The molecule has 5 fully saturated rings. The highest BCUT2D eigenvalue weighted by Gasteiger charge is 2.67. The zero-order chi connectivity index (χ0) is 26.0. The summed E-state index contributed by atoms with van der Waals surface area (Å²) in [4.78, 5) is 10.5. The van der Waals surface area contributed by atoms with E-state index in [0.29, 0.717) is 18.3 Å². The molecule has 0 aromatic heterocycles. The Bertz CT molecular complexity index is 884. The standard InChI is InChI=1S/C27H43NO8/c1-15-21(29)22(30)23(31)24(35-15)36-18-7-10-25(2)17(14-18)4-5-20-19(25)8-11-26(3)16(9-13-28(33)34)6-12-27(20,26)32/h9,13,15-24,29-32H,4-8,10-12,14H2,1-3H3/b13-9+/t15-,16+,17+,18-,19-,20+,21-,22+,23+,24-,25-,26+,27-/m0/s1. The molecule has 9 heteroatoms. The van der Waals surface area contributed by atoms with Gasteiger partial charge in [-0.05, 0) is 99.9 Å². The van der Waals surface area contributed by atoms with Crippen LogP contribution >= 0.6 is 0 Å². The molecule has 0 bridgehead atoms. The fraction of sp³-hybridized carbons (Fsp3) is 0.926. The van der Waals surface area contributed by atoms with Gasteiger partial charge in [0, 0.05) is 5.41 Å². The van der Waals surface area contributed by atoms with E-state index in [1.54, 1.807) is 13.0 Å². The highest BCUT2D eigenvalue weighted by Crippen LogP contribution is 2.69. The summed E-state index contributed by atoms with van der Waals surface area (Å²) in [7, 11) is 0. The van der Waals surface area contributed by atoms with E-state index in [2.05, 4.69) is 13.8 Å². The minimum atomic E-state index is -1.30. The maximum atomic E-state index is 12.2. The second-order valence-electron chi connectivity index (χ2n) is 12.9. The molecule has 4 aliphatic carbocycles. The van der Waals surface area contributed by atoms with Crippen molar-refractivity contribution in [2.24, 2.45) is 34.5 Å². The normalized spacial score (nSPS) is 55.1. The van der Waals surface area contributed by atoms with Gasteiger partial charge in [-0.25, -0.2) is 0 Å². The van der Waals surface area contributed by atoms with Gasteiger partial charge < -0.3 is 29.9 Å². The Morgan fingerprint density at radius 2 is 1.72 bits per heavy atom. The Hall–Kier alpha value is -1.10. The van der Waals surface area contributed by atoms with Gasteiger partial charge >= 0.3 is 0 Å². The quantitative estimate of drug-likeness (QED) is 0.257. The number of hydrogen-bond acceptors (Lipinski definition) is 8. The first-order valence-electron chi connectivity index (χ1n) is 13.8. The molecule has 1 aliphatic heterocycles. The van der Waals surface area contributed by atoms with Gasteiger partial charge in [-0.1, -0.05) is 13.8 Å². The molecule has 0 unspecified atom stereocenters. The first-order valence-corrected chi connectivity index (χ1v) is 13.8. The summed E-state index contributed by atoms with van der Waals surface area (Å²) in [5, 5.41) is 53.6. The highest BCUT2D eigenvalue weighted by atomic mass is 16.7. The van der Waals surface area contributed by atoms with Crippen LogP contribution in [0.2, 0.25) is 0 Å².